The summed E-state index contributed by atoms with van der Waals surface area (Å²) in [5.74, 6) is 0.0998. The monoisotopic (exact) mass is 614 g/mol. The van der Waals surface area contributed by atoms with Gasteiger partial charge in [-0.25, -0.2) is 0 Å². The van der Waals surface area contributed by atoms with Crippen LogP contribution in [0.15, 0.2) is 60.7 Å². The molecule has 0 saturated heterocycles. The molecular weight excluding hydrogens is 572 g/mol. The van der Waals surface area contributed by atoms with Gasteiger partial charge in [-0.2, -0.15) is 0 Å². The number of nitrogens with two attached hydrogens (primary N) is 1. The van der Waals surface area contributed by atoms with Crippen molar-refractivity contribution in [3.63, 3.8) is 0 Å². The van der Waals surface area contributed by atoms with Gasteiger partial charge in [0.15, 0.2) is 5.60 Å². The van der Waals surface area contributed by atoms with Gasteiger partial charge in [0.25, 0.3) is 0 Å². The number of ether oxygens (including phenoxy) is 3. The quantitative estimate of drug-likeness (QED) is 0.211. The number of fused-ring (bicyclic) bond motifs is 6. The van der Waals surface area contributed by atoms with E-state index in [1.807, 2.05) is 57.2 Å². The van der Waals surface area contributed by atoms with Gasteiger partial charge in [0, 0.05) is 41.7 Å². The SMILES string of the molecule is CCCC[C@H](NC(=O)[C@H](CC(C)C)NC(=O)COC)C(=O)Nc1ccc2c(c1)Oc1cc(N)ccc1C21OCc2ccccc21. The Labute approximate surface area is 264 Å². The largest absolute Gasteiger partial charge is 0.456 e. The van der Waals surface area contributed by atoms with Gasteiger partial charge in [-0.15, -0.1) is 0 Å². The number of carbonyl (C=O) groups is 3. The van der Waals surface area contributed by atoms with Crippen LogP contribution in [0.5, 0.6) is 11.5 Å². The fraction of sp³-hybridized carbons (Fsp3) is 0.400. The molecule has 3 aromatic rings. The first-order valence-electron chi connectivity index (χ1n) is 15.5. The highest BCUT2D eigenvalue weighted by Gasteiger charge is 2.49. The molecule has 10 heteroatoms. The molecule has 238 valence electrons. The van der Waals surface area contributed by atoms with Gasteiger partial charge in [-0.05, 0) is 54.2 Å². The molecule has 0 bridgehead atoms. The minimum atomic E-state index is -0.883. The van der Waals surface area contributed by atoms with Crippen LogP contribution in [-0.2, 0) is 36.1 Å². The van der Waals surface area contributed by atoms with E-state index >= 15 is 0 Å². The highest BCUT2D eigenvalue weighted by atomic mass is 16.5. The molecule has 0 aliphatic carbocycles. The van der Waals surface area contributed by atoms with Crippen LogP contribution < -0.4 is 26.4 Å². The van der Waals surface area contributed by atoms with Gasteiger partial charge >= 0.3 is 0 Å². The molecule has 3 amide bonds. The summed E-state index contributed by atoms with van der Waals surface area (Å²) in [4.78, 5) is 39.2. The van der Waals surface area contributed by atoms with E-state index in [0.717, 1.165) is 35.1 Å². The number of nitrogens with one attached hydrogen (secondary N) is 3. The fourth-order valence-corrected chi connectivity index (χ4v) is 6.10. The molecule has 3 aromatic carbocycles. The zero-order valence-electron chi connectivity index (χ0n) is 26.3. The molecule has 2 aliphatic heterocycles. The lowest BCUT2D eigenvalue weighted by Gasteiger charge is -2.37. The summed E-state index contributed by atoms with van der Waals surface area (Å²) in [5.41, 5.74) is 10.1. The van der Waals surface area contributed by atoms with Crippen molar-refractivity contribution in [2.45, 2.75) is 70.7 Å². The summed E-state index contributed by atoms with van der Waals surface area (Å²) < 4.78 is 17.9. The lowest BCUT2D eigenvalue weighted by atomic mass is 9.77. The van der Waals surface area contributed by atoms with E-state index in [4.69, 9.17) is 19.9 Å². The van der Waals surface area contributed by atoms with Crippen molar-refractivity contribution in [3.05, 3.63) is 82.9 Å². The predicted molar refractivity (Wildman–Crippen MR) is 172 cm³/mol. The number of unbranched alkanes of at least 4 members (excludes halogenated alkanes) is 1. The Morgan fingerprint density at radius 3 is 2.40 bits per heavy atom. The molecule has 0 radical (unpaired) electrons. The van der Waals surface area contributed by atoms with Crippen LogP contribution in [0.2, 0.25) is 0 Å². The van der Waals surface area contributed by atoms with Crippen molar-refractivity contribution in [1.29, 1.82) is 0 Å². The van der Waals surface area contributed by atoms with Crippen molar-refractivity contribution >= 4 is 29.1 Å². The standard InChI is InChI=1S/C35H42N4O6/c1-5-6-11-28(39-34(42)29(16-21(2)3)38-32(40)20-43-4)33(41)37-24-13-15-27-31(18-24)45-30-17-23(36)12-14-26(30)35(27)25-10-8-7-9-22(25)19-44-35/h7-10,12-15,17-18,21,28-29H,5-6,11,16,19-20,36H2,1-4H3,(H,37,41)(H,38,40)(H,39,42)/t28-,29-,35?/m0/s1. The van der Waals surface area contributed by atoms with E-state index in [-0.39, 0.29) is 18.4 Å². The molecule has 10 nitrogen and oxygen atoms in total. The first-order chi connectivity index (χ1) is 21.7. The van der Waals surface area contributed by atoms with Crippen molar-refractivity contribution < 1.29 is 28.6 Å². The maximum Gasteiger partial charge on any atom is 0.246 e. The van der Waals surface area contributed by atoms with Crippen molar-refractivity contribution in [2.24, 2.45) is 5.92 Å². The Morgan fingerprint density at radius 1 is 0.933 bits per heavy atom. The second-order valence-electron chi connectivity index (χ2n) is 12.1. The fourth-order valence-electron chi connectivity index (χ4n) is 6.10. The minimum absolute atomic E-state index is 0.140. The first kappa shape index (κ1) is 32.0. The summed E-state index contributed by atoms with van der Waals surface area (Å²) >= 11 is 0. The molecule has 5 rings (SSSR count). The Bertz CT molecular complexity index is 1570. The number of amides is 3. The molecule has 1 unspecified atom stereocenters. The lowest BCUT2D eigenvalue weighted by Crippen LogP contribution is -2.53. The van der Waals surface area contributed by atoms with E-state index in [0.29, 0.717) is 42.3 Å². The van der Waals surface area contributed by atoms with E-state index in [9.17, 15) is 14.4 Å². The third-order valence-corrected chi connectivity index (χ3v) is 8.19. The highest BCUT2D eigenvalue weighted by Crippen LogP contribution is 2.56. The third kappa shape index (κ3) is 6.67. The number of methoxy groups -OCH3 is 1. The topological polar surface area (TPSA) is 141 Å². The third-order valence-electron chi connectivity index (χ3n) is 8.19. The van der Waals surface area contributed by atoms with Crippen molar-refractivity contribution in [1.82, 2.24) is 10.6 Å². The van der Waals surface area contributed by atoms with Crippen LogP contribution in [0.3, 0.4) is 0 Å². The Morgan fingerprint density at radius 2 is 1.67 bits per heavy atom. The second-order valence-corrected chi connectivity index (χ2v) is 12.1. The van der Waals surface area contributed by atoms with Gasteiger partial charge in [0.05, 0.1) is 6.61 Å². The second kappa shape index (κ2) is 13.7. The number of nitrogen functional groups attached to an aromatic ring is 1. The molecule has 0 aromatic heterocycles. The molecule has 1 spiro atoms. The van der Waals surface area contributed by atoms with Gasteiger partial charge < -0.3 is 35.9 Å². The Hall–Kier alpha value is -4.41. The van der Waals surface area contributed by atoms with Gasteiger partial charge in [-0.1, -0.05) is 57.9 Å². The van der Waals surface area contributed by atoms with Crippen LogP contribution in [-0.4, -0.2) is 43.5 Å². The lowest BCUT2D eigenvalue weighted by molar-refractivity contribution is -0.132. The average molecular weight is 615 g/mol. The van der Waals surface area contributed by atoms with Gasteiger partial charge in [0.1, 0.15) is 30.2 Å². The highest BCUT2D eigenvalue weighted by molar-refractivity contribution is 5.98. The molecule has 2 aliphatic rings. The normalized spacial score (nSPS) is 17.4. The summed E-state index contributed by atoms with van der Waals surface area (Å²) in [6.07, 6.45) is 2.44. The number of benzene rings is 3. The maximum absolute atomic E-state index is 13.6. The van der Waals surface area contributed by atoms with E-state index < -0.39 is 29.5 Å². The predicted octanol–water partition coefficient (Wildman–Crippen LogP) is 4.99. The van der Waals surface area contributed by atoms with Crippen LogP contribution in [0.1, 0.15) is 68.7 Å². The van der Waals surface area contributed by atoms with E-state index in [2.05, 4.69) is 28.1 Å². The number of hydrogen-bond donors (Lipinski definition) is 4. The van der Waals surface area contributed by atoms with E-state index in [1.54, 1.807) is 12.1 Å². The maximum atomic E-state index is 13.6. The molecule has 5 N–H and O–H groups in total. The summed E-state index contributed by atoms with van der Waals surface area (Å²) in [5, 5.41) is 8.59. The first-order valence-corrected chi connectivity index (χ1v) is 15.5. The minimum Gasteiger partial charge on any atom is -0.456 e. The van der Waals surface area contributed by atoms with Crippen LogP contribution in [0, 0.1) is 5.92 Å². The molecule has 45 heavy (non-hydrogen) atoms. The van der Waals surface area contributed by atoms with Crippen LogP contribution in [0.4, 0.5) is 11.4 Å². The smallest absolute Gasteiger partial charge is 0.246 e. The zero-order valence-corrected chi connectivity index (χ0v) is 26.3. The van der Waals surface area contributed by atoms with Crippen LogP contribution >= 0.6 is 0 Å². The average Bonchev–Trinajstić information content (AvgIpc) is 3.38. The summed E-state index contributed by atoms with van der Waals surface area (Å²) in [7, 11) is 1.42. The molecule has 0 fully saturated rings. The molecule has 2 heterocycles. The summed E-state index contributed by atoms with van der Waals surface area (Å²) in [6, 6.07) is 17.6. The van der Waals surface area contributed by atoms with Gasteiger partial charge in [-0.3, -0.25) is 14.4 Å². The van der Waals surface area contributed by atoms with Crippen LogP contribution in [0.25, 0.3) is 0 Å². The Balaban J connectivity index is 1.41. The molecule has 3 atom stereocenters. The van der Waals surface area contributed by atoms with Gasteiger partial charge in [0.2, 0.25) is 17.7 Å². The number of anilines is 2. The summed E-state index contributed by atoms with van der Waals surface area (Å²) in [6.45, 7) is 6.24. The van der Waals surface area contributed by atoms with E-state index in [1.165, 1.54) is 7.11 Å². The van der Waals surface area contributed by atoms with Crippen molar-refractivity contribution in [2.75, 3.05) is 24.8 Å². The number of carbonyl (C=O) groups excluding carboxylic acids is 3. The number of rotatable bonds is 12. The molecular formula is C35H42N4O6. The zero-order chi connectivity index (χ0) is 32.1. The molecule has 0 saturated carbocycles. The number of hydrogen-bond acceptors (Lipinski definition) is 7. The van der Waals surface area contributed by atoms with Crippen molar-refractivity contribution in [3.8, 4) is 11.5 Å². The Kier molecular flexibility index (Phi) is 9.74.